The Balaban J connectivity index is 1.96. The SMILES string of the molecule is CN=C(NCCCOCC1CC1)NCCCN(C)CC(F)(F)F. The summed E-state index contributed by atoms with van der Waals surface area (Å²) in [6, 6.07) is 0. The fourth-order valence-corrected chi connectivity index (χ4v) is 2.08. The number of nitrogens with zero attached hydrogens (tertiary/aromatic N) is 2. The maximum atomic E-state index is 12.2. The summed E-state index contributed by atoms with van der Waals surface area (Å²) in [5.41, 5.74) is 0. The van der Waals surface area contributed by atoms with Gasteiger partial charge in [0.25, 0.3) is 0 Å². The van der Waals surface area contributed by atoms with Gasteiger partial charge in [0.1, 0.15) is 0 Å². The van der Waals surface area contributed by atoms with E-state index in [1.54, 1.807) is 7.05 Å². The van der Waals surface area contributed by atoms with Crippen LogP contribution in [0.1, 0.15) is 25.7 Å². The minimum Gasteiger partial charge on any atom is -0.381 e. The lowest BCUT2D eigenvalue weighted by Crippen LogP contribution is -2.39. The van der Waals surface area contributed by atoms with Crippen LogP contribution in [-0.4, -0.2) is 70.5 Å². The van der Waals surface area contributed by atoms with Crippen LogP contribution in [0.25, 0.3) is 0 Å². The number of alkyl halides is 3. The Hall–Kier alpha value is -1.02. The van der Waals surface area contributed by atoms with E-state index in [9.17, 15) is 13.2 Å². The molecule has 0 heterocycles. The van der Waals surface area contributed by atoms with E-state index >= 15 is 0 Å². The monoisotopic (exact) mass is 338 g/mol. The maximum absolute atomic E-state index is 12.2. The molecule has 136 valence electrons. The summed E-state index contributed by atoms with van der Waals surface area (Å²) in [5, 5.41) is 6.26. The first-order valence-electron chi connectivity index (χ1n) is 8.18. The Morgan fingerprint density at radius 2 is 1.87 bits per heavy atom. The molecular weight excluding hydrogens is 309 g/mol. The zero-order valence-corrected chi connectivity index (χ0v) is 14.1. The zero-order chi connectivity index (χ0) is 17.1. The summed E-state index contributed by atoms with van der Waals surface area (Å²) in [5.74, 6) is 1.46. The largest absolute Gasteiger partial charge is 0.401 e. The van der Waals surface area contributed by atoms with Crippen molar-refractivity contribution in [3.8, 4) is 0 Å². The van der Waals surface area contributed by atoms with Gasteiger partial charge in [-0.05, 0) is 45.2 Å². The van der Waals surface area contributed by atoms with Gasteiger partial charge >= 0.3 is 6.18 Å². The Bertz CT molecular complexity index is 346. The highest BCUT2D eigenvalue weighted by Gasteiger charge is 2.28. The number of rotatable bonds is 11. The van der Waals surface area contributed by atoms with Gasteiger partial charge in [0.2, 0.25) is 0 Å². The minimum atomic E-state index is -4.14. The van der Waals surface area contributed by atoms with E-state index in [1.165, 1.54) is 24.8 Å². The number of aliphatic imine (C=N–C) groups is 1. The van der Waals surface area contributed by atoms with Crippen molar-refractivity contribution < 1.29 is 17.9 Å². The van der Waals surface area contributed by atoms with Crippen molar-refractivity contribution in [2.24, 2.45) is 10.9 Å². The van der Waals surface area contributed by atoms with Crippen molar-refractivity contribution in [3.63, 3.8) is 0 Å². The van der Waals surface area contributed by atoms with Crippen LogP contribution in [0.3, 0.4) is 0 Å². The molecule has 2 N–H and O–H groups in total. The molecule has 1 saturated carbocycles. The van der Waals surface area contributed by atoms with Crippen molar-refractivity contribution in [2.75, 3.05) is 53.5 Å². The molecule has 1 aliphatic rings. The Morgan fingerprint density at radius 3 is 2.43 bits per heavy atom. The predicted octanol–water partition coefficient (Wildman–Crippen LogP) is 1.85. The highest BCUT2D eigenvalue weighted by Crippen LogP contribution is 2.28. The van der Waals surface area contributed by atoms with Gasteiger partial charge in [-0.25, -0.2) is 0 Å². The molecule has 1 fully saturated rings. The van der Waals surface area contributed by atoms with E-state index < -0.39 is 12.7 Å². The first kappa shape index (κ1) is 20.0. The summed E-state index contributed by atoms with van der Waals surface area (Å²) < 4.78 is 42.1. The van der Waals surface area contributed by atoms with Gasteiger partial charge in [-0.3, -0.25) is 9.89 Å². The summed E-state index contributed by atoms with van der Waals surface area (Å²) in [6.07, 6.45) is -0.0131. The van der Waals surface area contributed by atoms with E-state index in [2.05, 4.69) is 15.6 Å². The Labute approximate surface area is 136 Å². The van der Waals surface area contributed by atoms with Crippen LogP contribution in [0, 0.1) is 5.92 Å². The zero-order valence-electron chi connectivity index (χ0n) is 14.1. The first-order chi connectivity index (χ1) is 10.9. The van der Waals surface area contributed by atoms with Crippen LogP contribution in [0.15, 0.2) is 4.99 Å². The lowest BCUT2D eigenvalue weighted by molar-refractivity contribution is -0.143. The van der Waals surface area contributed by atoms with Gasteiger partial charge in [0.05, 0.1) is 6.54 Å². The lowest BCUT2D eigenvalue weighted by atomic mass is 10.4. The van der Waals surface area contributed by atoms with E-state index in [1.807, 2.05) is 0 Å². The van der Waals surface area contributed by atoms with Crippen molar-refractivity contribution in [3.05, 3.63) is 0 Å². The molecule has 0 aromatic rings. The standard InChI is InChI=1S/C15H29F3N4O/c1-19-14(21-8-4-10-23-11-13-5-6-13)20-7-3-9-22(2)12-15(16,17)18/h13H,3-12H2,1-2H3,(H2,19,20,21). The van der Waals surface area contributed by atoms with Crippen molar-refractivity contribution in [2.45, 2.75) is 31.9 Å². The van der Waals surface area contributed by atoms with Gasteiger partial charge < -0.3 is 15.4 Å². The second kappa shape index (κ2) is 10.7. The summed E-state index contributed by atoms with van der Waals surface area (Å²) in [7, 11) is 3.15. The summed E-state index contributed by atoms with van der Waals surface area (Å²) >= 11 is 0. The number of nitrogens with one attached hydrogen (secondary N) is 2. The smallest absolute Gasteiger partial charge is 0.381 e. The molecule has 5 nitrogen and oxygen atoms in total. The molecule has 0 aliphatic heterocycles. The van der Waals surface area contributed by atoms with Gasteiger partial charge in [-0.1, -0.05) is 0 Å². The van der Waals surface area contributed by atoms with E-state index in [-0.39, 0.29) is 0 Å². The van der Waals surface area contributed by atoms with Gasteiger partial charge in [0.15, 0.2) is 5.96 Å². The van der Waals surface area contributed by atoms with Crippen molar-refractivity contribution in [1.29, 1.82) is 0 Å². The van der Waals surface area contributed by atoms with Gasteiger partial charge in [-0.15, -0.1) is 0 Å². The van der Waals surface area contributed by atoms with Gasteiger partial charge in [0, 0.05) is 33.4 Å². The van der Waals surface area contributed by atoms with E-state index in [0.717, 1.165) is 32.1 Å². The topological polar surface area (TPSA) is 48.9 Å². The molecule has 0 aromatic carbocycles. The molecule has 1 rings (SSSR count). The third-order valence-electron chi connectivity index (χ3n) is 3.49. The normalized spacial score (nSPS) is 16.0. The third-order valence-corrected chi connectivity index (χ3v) is 3.49. The molecule has 0 unspecified atom stereocenters. The Morgan fingerprint density at radius 1 is 1.22 bits per heavy atom. The average molecular weight is 338 g/mol. The lowest BCUT2D eigenvalue weighted by Gasteiger charge is -2.19. The highest BCUT2D eigenvalue weighted by molar-refractivity contribution is 5.79. The number of halogens is 3. The quantitative estimate of drug-likeness (QED) is 0.343. The van der Waals surface area contributed by atoms with Crippen LogP contribution in [-0.2, 0) is 4.74 Å². The molecule has 0 radical (unpaired) electrons. The number of hydrogen-bond acceptors (Lipinski definition) is 3. The minimum absolute atomic E-state index is 0.387. The maximum Gasteiger partial charge on any atom is 0.401 e. The summed E-state index contributed by atoms with van der Waals surface area (Å²) in [6.45, 7) is 2.47. The number of hydrogen-bond donors (Lipinski definition) is 2. The molecule has 0 spiro atoms. The molecule has 8 heteroatoms. The second-order valence-electron chi connectivity index (χ2n) is 6.00. The van der Waals surface area contributed by atoms with Crippen LogP contribution < -0.4 is 10.6 Å². The number of ether oxygens (including phenoxy) is 1. The van der Waals surface area contributed by atoms with Crippen LogP contribution in [0.4, 0.5) is 13.2 Å². The van der Waals surface area contributed by atoms with Gasteiger partial charge in [-0.2, -0.15) is 13.2 Å². The fourth-order valence-electron chi connectivity index (χ4n) is 2.08. The third kappa shape index (κ3) is 12.1. The highest BCUT2D eigenvalue weighted by atomic mass is 19.4. The molecule has 0 atom stereocenters. The molecule has 23 heavy (non-hydrogen) atoms. The van der Waals surface area contributed by atoms with Crippen LogP contribution in [0.5, 0.6) is 0 Å². The summed E-state index contributed by atoms with van der Waals surface area (Å²) in [4.78, 5) is 5.35. The van der Waals surface area contributed by atoms with Crippen molar-refractivity contribution in [1.82, 2.24) is 15.5 Å². The van der Waals surface area contributed by atoms with Crippen molar-refractivity contribution >= 4 is 5.96 Å². The fraction of sp³-hybridized carbons (Fsp3) is 0.933. The molecule has 0 saturated heterocycles. The van der Waals surface area contributed by atoms with Crippen LogP contribution in [0.2, 0.25) is 0 Å². The average Bonchev–Trinajstić information content (AvgIpc) is 3.27. The van der Waals surface area contributed by atoms with E-state index in [0.29, 0.717) is 25.5 Å². The predicted molar refractivity (Wildman–Crippen MR) is 85.7 cm³/mol. The van der Waals surface area contributed by atoms with E-state index in [4.69, 9.17) is 4.74 Å². The number of guanidine groups is 1. The Kier molecular flexibility index (Phi) is 9.31. The van der Waals surface area contributed by atoms with Crippen LogP contribution >= 0.6 is 0 Å². The molecule has 0 amide bonds. The molecule has 1 aliphatic carbocycles. The first-order valence-corrected chi connectivity index (χ1v) is 8.18. The molecule has 0 bridgehead atoms. The molecule has 0 aromatic heterocycles. The second-order valence-corrected chi connectivity index (χ2v) is 6.00. The molecular formula is C15H29F3N4O.